The molecule has 0 spiro atoms. The van der Waals surface area contributed by atoms with E-state index >= 15 is 0 Å². The molecule has 0 aliphatic heterocycles. The van der Waals surface area contributed by atoms with Gasteiger partial charge >= 0.3 is 0 Å². The number of nitrogens with one attached hydrogen (secondary N) is 1. The topological polar surface area (TPSA) is 57.9 Å². The Morgan fingerprint density at radius 2 is 1.89 bits per heavy atom. The smallest absolute Gasteiger partial charge is 0.211 e. The van der Waals surface area contributed by atoms with Gasteiger partial charge in [-0.1, -0.05) is 13.8 Å². The van der Waals surface area contributed by atoms with Crippen molar-refractivity contribution in [3.63, 3.8) is 0 Å². The van der Waals surface area contributed by atoms with Crippen molar-refractivity contribution in [2.75, 3.05) is 5.75 Å². The SMILES string of the molecule is CC(C)CCS([NH])(=O)=O. The summed E-state index contributed by atoms with van der Waals surface area (Å²) in [4.78, 5) is 0. The highest BCUT2D eigenvalue weighted by molar-refractivity contribution is 7.88. The third-order valence-corrected chi connectivity index (χ3v) is 1.74. The average Bonchev–Trinajstić information content (AvgIpc) is 1.59. The first-order valence-electron chi connectivity index (χ1n) is 2.89. The van der Waals surface area contributed by atoms with Crippen LogP contribution in [-0.4, -0.2) is 14.2 Å². The normalized spacial score (nSPS) is 12.4. The summed E-state index contributed by atoms with van der Waals surface area (Å²) in [5, 5.41) is 6.50. The van der Waals surface area contributed by atoms with Gasteiger partial charge in [0, 0.05) is 0 Å². The minimum absolute atomic E-state index is 0.00926. The van der Waals surface area contributed by atoms with Crippen molar-refractivity contribution in [2.45, 2.75) is 20.3 Å². The van der Waals surface area contributed by atoms with Crippen molar-refractivity contribution in [1.82, 2.24) is 5.14 Å². The molecule has 0 aromatic heterocycles. The molecule has 0 aromatic rings. The zero-order valence-corrected chi connectivity index (χ0v) is 6.53. The molecule has 0 saturated carbocycles. The molecule has 0 aliphatic rings. The lowest BCUT2D eigenvalue weighted by Gasteiger charge is -1.99. The number of hydrogen-bond donors (Lipinski definition) is 0. The molecule has 0 aromatic carbocycles. The quantitative estimate of drug-likeness (QED) is 0.593. The van der Waals surface area contributed by atoms with Crippen LogP contribution in [0.4, 0.5) is 0 Å². The molecule has 0 atom stereocenters. The Bertz CT molecular complexity index is 160. The Labute approximate surface area is 56.3 Å². The third kappa shape index (κ3) is 7.91. The van der Waals surface area contributed by atoms with E-state index in [1.54, 1.807) is 0 Å². The second kappa shape index (κ2) is 3.17. The van der Waals surface area contributed by atoms with Crippen LogP contribution in [0, 0.1) is 5.92 Å². The number of sulfonamides is 1. The fourth-order valence-electron chi connectivity index (χ4n) is 0.391. The van der Waals surface area contributed by atoms with E-state index in [1.807, 2.05) is 13.8 Å². The van der Waals surface area contributed by atoms with E-state index in [2.05, 4.69) is 0 Å². The largest absolute Gasteiger partial charge is 0.225 e. The number of rotatable bonds is 3. The van der Waals surface area contributed by atoms with Gasteiger partial charge in [0.05, 0.1) is 5.75 Å². The second-order valence-corrected chi connectivity index (χ2v) is 4.14. The van der Waals surface area contributed by atoms with Crippen molar-refractivity contribution in [3.05, 3.63) is 0 Å². The van der Waals surface area contributed by atoms with Crippen LogP contribution >= 0.6 is 0 Å². The summed E-state index contributed by atoms with van der Waals surface area (Å²) in [5.41, 5.74) is 0. The van der Waals surface area contributed by atoms with Gasteiger partial charge in [-0.15, -0.1) is 5.14 Å². The zero-order chi connectivity index (χ0) is 7.49. The molecule has 3 nitrogen and oxygen atoms in total. The van der Waals surface area contributed by atoms with Crippen molar-refractivity contribution in [1.29, 1.82) is 0 Å². The van der Waals surface area contributed by atoms with Crippen LogP contribution in [0.2, 0.25) is 0 Å². The highest BCUT2D eigenvalue weighted by atomic mass is 32.2. The Kier molecular flexibility index (Phi) is 3.14. The molecule has 55 valence electrons. The second-order valence-electron chi connectivity index (χ2n) is 2.50. The molecule has 1 N–H and O–H groups in total. The van der Waals surface area contributed by atoms with E-state index in [1.165, 1.54) is 0 Å². The van der Waals surface area contributed by atoms with Gasteiger partial charge in [0.25, 0.3) is 0 Å². The van der Waals surface area contributed by atoms with Gasteiger partial charge < -0.3 is 0 Å². The monoisotopic (exact) mass is 150 g/mol. The van der Waals surface area contributed by atoms with E-state index in [0.717, 1.165) is 0 Å². The fourth-order valence-corrected chi connectivity index (χ4v) is 1.17. The minimum atomic E-state index is -3.47. The van der Waals surface area contributed by atoms with Gasteiger partial charge in [0.2, 0.25) is 10.0 Å². The molecule has 0 unspecified atom stereocenters. The lowest BCUT2D eigenvalue weighted by atomic mass is 10.2. The maximum atomic E-state index is 10.2. The average molecular weight is 150 g/mol. The Morgan fingerprint density at radius 1 is 1.44 bits per heavy atom. The molecule has 0 saturated heterocycles. The van der Waals surface area contributed by atoms with Crippen molar-refractivity contribution in [3.8, 4) is 0 Å². The lowest BCUT2D eigenvalue weighted by Crippen LogP contribution is -2.08. The van der Waals surface area contributed by atoms with E-state index < -0.39 is 10.0 Å². The van der Waals surface area contributed by atoms with Crippen LogP contribution in [0.1, 0.15) is 20.3 Å². The first-order valence-corrected chi connectivity index (χ1v) is 4.54. The van der Waals surface area contributed by atoms with Crippen molar-refractivity contribution < 1.29 is 8.42 Å². The summed E-state index contributed by atoms with van der Waals surface area (Å²) in [6.07, 6.45) is 0.589. The third-order valence-electron chi connectivity index (χ3n) is 0.964. The van der Waals surface area contributed by atoms with E-state index in [9.17, 15) is 8.42 Å². The van der Waals surface area contributed by atoms with E-state index in [-0.39, 0.29) is 5.75 Å². The molecule has 1 radical (unpaired) electrons. The maximum Gasteiger partial charge on any atom is 0.225 e. The molecule has 4 heteroatoms. The van der Waals surface area contributed by atoms with Gasteiger partial charge in [0.1, 0.15) is 0 Å². The summed E-state index contributed by atoms with van der Waals surface area (Å²) in [6, 6.07) is 0. The lowest BCUT2D eigenvalue weighted by molar-refractivity contribution is 0.574. The van der Waals surface area contributed by atoms with Crippen LogP contribution in [-0.2, 0) is 10.0 Å². The molecule has 0 rings (SSSR count). The maximum absolute atomic E-state index is 10.2. The standard InChI is InChI=1S/C5H12NO2S/c1-5(2)3-4-9(6,7)8/h5-6H,3-4H2,1-2H3. The van der Waals surface area contributed by atoms with Gasteiger partial charge in [-0.05, 0) is 12.3 Å². The van der Waals surface area contributed by atoms with Crippen molar-refractivity contribution >= 4 is 10.0 Å². The summed E-state index contributed by atoms with van der Waals surface area (Å²) >= 11 is 0. The Balaban J connectivity index is 3.53. The van der Waals surface area contributed by atoms with Gasteiger partial charge in [-0.2, -0.15) is 0 Å². The van der Waals surface area contributed by atoms with Crippen LogP contribution in [0.5, 0.6) is 0 Å². The Morgan fingerprint density at radius 3 is 2.00 bits per heavy atom. The molecular weight excluding hydrogens is 138 g/mol. The Hall–Kier alpha value is -0.0900. The van der Waals surface area contributed by atoms with Crippen molar-refractivity contribution in [2.24, 2.45) is 5.92 Å². The van der Waals surface area contributed by atoms with Gasteiger partial charge in [-0.25, -0.2) is 8.42 Å². The van der Waals surface area contributed by atoms with Gasteiger partial charge in [-0.3, -0.25) is 0 Å². The first kappa shape index (κ1) is 8.91. The molecule has 0 fully saturated rings. The van der Waals surface area contributed by atoms with Crippen LogP contribution < -0.4 is 5.14 Å². The molecule has 0 amide bonds. The predicted molar refractivity (Wildman–Crippen MR) is 36.3 cm³/mol. The van der Waals surface area contributed by atoms with Gasteiger partial charge in [0.15, 0.2) is 0 Å². The first-order chi connectivity index (χ1) is 3.92. The molecule has 0 bridgehead atoms. The van der Waals surface area contributed by atoms with Crippen LogP contribution in [0.25, 0.3) is 0 Å². The van der Waals surface area contributed by atoms with Crippen LogP contribution in [0.15, 0.2) is 0 Å². The summed E-state index contributed by atoms with van der Waals surface area (Å²) in [5.74, 6) is 0.357. The zero-order valence-electron chi connectivity index (χ0n) is 5.72. The summed E-state index contributed by atoms with van der Waals surface area (Å²) in [7, 11) is -3.47. The number of hydrogen-bond acceptors (Lipinski definition) is 2. The van der Waals surface area contributed by atoms with E-state index in [4.69, 9.17) is 5.14 Å². The molecule has 9 heavy (non-hydrogen) atoms. The fraction of sp³-hybridized carbons (Fsp3) is 1.00. The minimum Gasteiger partial charge on any atom is -0.211 e. The summed E-state index contributed by atoms with van der Waals surface area (Å²) < 4.78 is 20.4. The molecule has 0 heterocycles. The van der Waals surface area contributed by atoms with E-state index in [0.29, 0.717) is 12.3 Å². The molecular formula is C5H12NO2S. The highest BCUT2D eigenvalue weighted by Crippen LogP contribution is 2.00. The van der Waals surface area contributed by atoms with Crippen LogP contribution in [0.3, 0.4) is 0 Å². The molecule has 0 aliphatic carbocycles. The highest BCUT2D eigenvalue weighted by Gasteiger charge is 2.03. The predicted octanol–water partition coefficient (Wildman–Crippen LogP) is 0.645. The summed E-state index contributed by atoms with van der Waals surface area (Å²) in [6.45, 7) is 3.87.